The number of benzene rings is 2. The van der Waals surface area contributed by atoms with Crippen LogP contribution in [0.3, 0.4) is 0 Å². The third-order valence-electron chi connectivity index (χ3n) is 4.31. The lowest BCUT2D eigenvalue weighted by atomic mass is 10.1. The molecule has 0 aliphatic rings. The number of carbonyl (C=O) groups is 3. The molecule has 2 amide bonds. The largest absolute Gasteiger partial charge is 0.466 e. The van der Waals surface area contributed by atoms with Crippen LogP contribution in [0.4, 0.5) is 5.69 Å². The first-order chi connectivity index (χ1) is 14.9. The SMILES string of the molecule is CCCOC(=O)CCC(=O)NC(=S)Nc1cccc(C(=O)NC(C)c2ccccc2)c1. The van der Waals surface area contributed by atoms with Crippen LogP contribution in [0.25, 0.3) is 0 Å². The third kappa shape index (κ3) is 8.55. The number of thiocarbonyl (C=S) groups is 1. The molecule has 0 aliphatic heterocycles. The van der Waals surface area contributed by atoms with Gasteiger partial charge in [-0.15, -0.1) is 0 Å². The van der Waals surface area contributed by atoms with Crippen LogP contribution in [-0.2, 0) is 14.3 Å². The lowest BCUT2D eigenvalue weighted by Gasteiger charge is -2.15. The van der Waals surface area contributed by atoms with Crippen molar-refractivity contribution in [1.82, 2.24) is 10.6 Å². The van der Waals surface area contributed by atoms with Gasteiger partial charge in [-0.25, -0.2) is 0 Å². The minimum Gasteiger partial charge on any atom is -0.466 e. The predicted molar refractivity (Wildman–Crippen MR) is 124 cm³/mol. The van der Waals surface area contributed by atoms with E-state index in [9.17, 15) is 14.4 Å². The zero-order valence-electron chi connectivity index (χ0n) is 17.6. The van der Waals surface area contributed by atoms with E-state index in [1.165, 1.54) is 0 Å². The van der Waals surface area contributed by atoms with Crippen molar-refractivity contribution < 1.29 is 19.1 Å². The molecule has 0 spiro atoms. The van der Waals surface area contributed by atoms with Gasteiger partial charge in [0.2, 0.25) is 5.91 Å². The van der Waals surface area contributed by atoms with Gasteiger partial charge in [0.05, 0.1) is 19.1 Å². The number of ether oxygens (including phenoxy) is 1. The number of esters is 1. The Bertz CT molecular complexity index is 918. The minimum absolute atomic E-state index is 0.0102. The first-order valence-corrected chi connectivity index (χ1v) is 10.5. The molecule has 1 unspecified atom stereocenters. The highest BCUT2D eigenvalue weighted by molar-refractivity contribution is 7.80. The van der Waals surface area contributed by atoms with Crippen molar-refractivity contribution in [3.8, 4) is 0 Å². The maximum atomic E-state index is 12.6. The molecule has 0 bridgehead atoms. The molecular weight excluding hydrogens is 414 g/mol. The van der Waals surface area contributed by atoms with Crippen LogP contribution in [0.5, 0.6) is 0 Å². The van der Waals surface area contributed by atoms with Crippen LogP contribution in [-0.4, -0.2) is 29.5 Å². The van der Waals surface area contributed by atoms with Crippen LogP contribution in [0.1, 0.15) is 55.1 Å². The zero-order chi connectivity index (χ0) is 22.6. The number of hydrogen-bond donors (Lipinski definition) is 3. The monoisotopic (exact) mass is 441 g/mol. The Hall–Kier alpha value is -3.26. The fourth-order valence-corrected chi connectivity index (χ4v) is 2.93. The Morgan fingerprint density at radius 1 is 1.03 bits per heavy atom. The van der Waals surface area contributed by atoms with E-state index >= 15 is 0 Å². The van der Waals surface area contributed by atoms with Gasteiger partial charge in [0.1, 0.15) is 0 Å². The van der Waals surface area contributed by atoms with E-state index in [1.54, 1.807) is 24.3 Å². The van der Waals surface area contributed by atoms with Gasteiger partial charge >= 0.3 is 5.97 Å². The van der Waals surface area contributed by atoms with Gasteiger partial charge in [-0.3, -0.25) is 14.4 Å². The van der Waals surface area contributed by atoms with Gasteiger partial charge < -0.3 is 20.7 Å². The molecular formula is C23H27N3O4S. The van der Waals surface area contributed by atoms with E-state index in [4.69, 9.17) is 17.0 Å². The summed E-state index contributed by atoms with van der Waals surface area (Å²) in [6, 6.07) is 16.3. The van der Waals surface area contributed by atoms with Crippen molar-refractivity contribution in [2.75, 3.05) is 11.9 Å². The zero-order valence-corrected chi connectivity index (χ0v) is 18.5. The second kappa shape index (κ2) is 12.4. The normalized spacial score (nSPS) is 11.2. The Kier molecular flexibility index (Phi) is 9.64. The lowest BCUT2D eigenvalue weighted by Crippen LogP contribution is -2.34. The Morgan fingerprint density at radius 3 is 2.48 bits per heavy atom. The highest BCUT2D eigenvalue weighted by Gasteiger charge is 2.13. The predicted octanol–water partition coefficient (Wildman–Crippen LogP) is 3.72. The van der Waals surface area contributed by atoms with Crippen molar-refractivity contribution in [1.29, 1.82) is 0 Å². The third-order valence-corrected chi connectivity index (χ3v) is 4.51. The van der Waals surface area contributed by atoms with Gasteiger partial charge in [0, 0.05) is 17.7 Å². The van der Waals surface area contributed by atoms with E-state index in [0.29, 0.717) is 17.9 Å². The van der Waals surface area contributed by atoms with Gasteiger partial charge in [0.15, 0.2) is 5.11 Å². The van der Waals surface area contributed by atoms with Crippen LogP contribution < -0.4 is 16.0 Å². The van der Waals surface area contributed by atoms with Crippen molar-refractivity contribution in [2.24, 2.45) is 0 Å². The van der Waals surface area contributed by atoms with Crippen LogP contribution in [0.2, 0.25) is 0 Å². The smallest absolute Gasteiger partial charge is 0.306 e. The van der Waals surface area contributed by atoms with Gasteiger partial charge in [-0.2, -0.15) is 0 Å². The standard InChI is InChI=1S/C23H27N3O4S/c1-3-14-30-21(28)13-12-20(27)26-23(31)25-19-11-7-10-18(15-19)22(29)24-16(2)17-8-5-4-6-9-17/h4-11,15-16H,3,12-14H2,1-2H3,(H,24,29)(H2,25,26,27,31). The first-order valence-electron chi connectivity index (χ1n) is 10.1. The minimum atomic E-state index is -0.417. The average Bonchev–Trinajstić information content (AvgIpc) is 2.76. The fraction of sp³-hybridized carbons (Fsp3) is 0.304. The Balaban J connectivity index is 1.85. The molecule has 0 saturated heterocycles. The van der Waals surface area contributed by atoms with Gasteiger partial charge in [-0.1, -0.05) is 43.3 Å². The maximum absolute atomic E-state index is 12.6. The highest BCUT2D eigenvalue weighted by atomic mass is 32.1. The second-order valence-corrected chi connectivity index (χ2v) is 7.32. The summed E-state index contributed by atoms with van der Waals surface area (Å²) >= 11 is 5.15. The molecule has 0 aromatic heterocycles. The van der Waals surface area contributed by atoms with Crippen molar-refractivity contribution in [3.05, 3.63) is 65.7 Å². The highest BCUT2D eigenvalue weighted by Crippen LogP contribution is 2.15. The molecule has 0 radical (unpaired) electrons. The average molecular weight is 442 g/mol. The Labute approximate surface area is 187 Å². The summed E-state index contributed by atoms with van der Waals surface area (Å²) in [5, 5.41) is 8.43. The Morgan fingerprint density at radius 2 is 1.77 bits per heavy atom. The van der Waals surface area contributed by atoms with Crippen molar-refractivity contribution in [3.63, 3.8) is 0 Å². The van der Waals surface area contributed by atoms with E-state index in [-0.39, 0.29) is 29.9 Å². The van der Waals surface area contributed by atoms with Crippen LogP contribution in [0.15, 0.2) is 54.6 Å². The quantitative estimate of drug-likeness (QED) is 0.405. The summed E-state index contributed by atoms with van der Waals surface area (Å²) < 4.78 is 4.93. The van der Waals surface area contributed by atoms with E-state index in [2.05, 4.69) is 16.0 Å². The molecule has 31 heavy (non-hydrogen) atoms. The molecule has 0 fully saturated rings. The molecule has 164 valence electrons. The summed E-state index contributed by atoms with van der Waals surface area (Å²) in [5.74, 6) is -1.03. The molecule has 2 rings (SSSR count). The molecule has 2 aromatic carbocycles. The molecule has 0 saturated carbocycles. The summed E-state index contributed by atoms with van der Waals surface area (Å²) in [6.07, 6.45) is 0.697. The molecule has 7 nitrogen and oxygen atoms in total. The van der Waals surface area contributed by atoms with Gasteiger partial charge in [-0.05, 0) is 49.3 Å². The number of hydrogen-bond acceptors (Lipinski definition) is 5. The van der Waals surface area contributed by atoms with E-state index in [0.717, 1.165) is 12.0 Å². The van der Waals surface area contributed by atoms with Gasteiger partial charge in [0.25, 0.3) is 5.91 Å². The second-order valence-electron chi connectivity index (χ2n) is 6.91. The first kappa shape index (κ1) is 24.0. The molecule has 1 atom stereocenters. The number of rotatable bonds is 9. The molecule has 0 heterocycles. The van der Waals surface area contributed by atoms with Crippen molar-refractivity contribution >= 4 is 40.8 Å². The van der Waals surface area contributed by atoms with Crippen LogP contribution in [0, 0.1) is 0 Å². The van der Waals surface area contributed by atoms with E-state index < -0.39 is 11.9 Å². The van der Waals surface area contributed by atoms with Crippen LogP contribution >= 0.6 is 12.2 Å². The lowest BCUT2D eigenvalue weighted by molar-refractivity contribution is -0.144. The summed E-state index contributed by atoms with van der Waals surface area (Å²) in [6.45, 7) is 4.15. The number of anilines is 1. The number of carbonyl (C=O) groups excluding carboxylic acids is 3. The van der Waals surface area contributed by atoms with E-state index in [1.807, 2.05) is 44.2 Å². The summed E-state index contributed by atoms with van der Waals surface area (Å²) in [4.78, 5) is 36.0. The number of nitrogens with one attached hydrogen (secondary N) is 3. The fourth-order valence-electron chi connectivity index (χ4n) is 2.70. The topological polar surface area (TPSA) is 96.5 Å². The summed E-state index contributed by atoms with van der Waals surface area (Å²) in [5.41, 5.74) is 2.03. The summed E-state index contributed by atoms with van der Waals surface area (Å²) in [7, 11) is 0. The van der Waals surface area contributed by atoms with Crippen molar-refractivity contribution in [2.45, 2.75) is 39.2 Å². The molecule has 2 aromatic rings. The molecule has 3 N–H and O–H groups in total. The number of amides is 2. The maximum Gasteiger partial charge on any atom is 0.306 e. The molecule has 0 aliphatic carbocycles. The molecule has 8 heteroatoms.